The van der Waals surface area contributed by atoms with E-state index in [2.05, 4.69) is 0 Å². The third-order valence-electron chi connectivity index (χ3n) is 2.55. The fraction of sp³-hybridized carbons (Fsp3) is 0. The number of hydrogen-bond acceptors (Lipinski definition) is 4. The first kappa shape index (κ1) is 15.1. The Morgan fingerprint density at radius 2 is 1.90 bits per heavy atom. The van der Waals surface area contributed by atoms with Crippen molar-refractivity contribution in [1.29, 1.82) is 0 Å². The molecule has 0 amide bonds. The van der Waals surface area contributed by atoms with Crippen molar-refractivity contribution in [3.8, 4) is 5.88 Å². The van der Waals surface area contributed by atoms with Crippen LogP contribution < -0.4 is 11.2 Å². The molecule has 1 aromatic carbocycles. The van der Waals surface area contributed by atoms with Gasteiger partial charge in [-0.1, -0.05) is 29.3 Å². The minimum absolute atomic E-state index is 0.325. The highest BCUT2D eigenvalue weighted by molar-refractivity contribution is 6.35. The molecule has 2 rings (SSSR count). The third-order valence-corrected chi connectivity index (χ3v) is 3.11. The predicted octanol–water partition coefficient (Wildman–Crippen LogP) is 1.97. The van der Waals surface area contributed by atoms with Crippen molar-refractivity contribution in [2.75, 3.05) is 0 Å². The highest BCUT2D eigenvalue weighted by Gasteiger charge is 2.14. The molecule has 1 heterocycles. The molecule has 6 nitrogen and oxygen atoms in total. The number of carbonyl (C=O) groups is 1. The van der Waals surface area contributed by atoms with Crippen LogP contribution in [0.5, 0.6) is 5.88 Å². The van der Waals surface area contributed by atoms with Gasteiger partial charge in [0.25, 0.3) is 5.56 Å². The average molecular weight is 327 g/mol. The number of allylic oxidation sites excluding steroid dienone is 1. The lowest BCUT2D eigenvalue weighted by molar-refractivity contribution is 0.104. The quantitative estimate of drug-likeness (QED) is 0.592. The van der Waals surface area contributed by atoms with Crippen molar-refractivity contribution in [2.24, 2.45) is 0 Å². The Balaban J connectivity index is 2.36. The van der Waals surface area contributed by atoms with E-state index in [9.17, 15) is 19.5 Å². The number of rotatable bonds is 3. The van der Waals surface area contributed by atoms with Gasteiger partial charge in [0.1, 0.15) is 5.56 Å². The molecule has 0 bridgehead atoms. The molecule has 0 saturated heterocycles. The van der Waals surface area contributed by atoms with Gasteiger partial charge in [0.15, 0.2) is 5.78 Å². The molecule has 1 aromatic heterocycles. The van der Waals surface area contributed by atoms with Crippen LogP contribution >= 0.6 is 23.2 Å². The lowest BCUT2D eigenvalue weighted by Crippen LogP contribution is -2.27. The number of aromatic amines is 2. The molecule has 0 atom stereocenters. The zero-order valence-corrected chi connectivity index (χ0v) is 11.8. The van der Waals surface area contributed by atoms with Crippen LogP contribution in [-0.4, -0.2) is 20.9 Å². The van der Waals surface area contributed by atoms with Crippen molar-refractivity contribution in [3.05, 3.63) is 66.3 Å². The summed E-state index contributed by atoms with van der Waals surface area (Å²) >= 11 is 11.7. The van der Waals surface area contributed by atoms with Gasteiger partial charge >= 0.3 is 5.69 Å². The number of ketones is 1. The number of nitrogens with one attached hydrogen (secondary N) is 2. The maximum absolute atomic E-state index is 11.9. The molecule has 0 saturated carbocycles. The summed E-state index contributed by atoms with van der Waals surface area (Å²) in [4.78, 5) is 38.1. The molecular formula is C13H8Cl2N2O4. The minimum Gasteiger partial charge on any atom is -0.494 e. The summed E-state index contributed by atoms with van der Waals surface area (Å²) in [7, 11) is 0. The van der Waals surface area contributed by atoms with Crippen LogP contribution in [0, 0.1) is 0 Å². The maximum Gasteiger partial charge on any atom is 0.328 e. The second kappa shape index (κ2) is 5.99. The molecule has 0 radical (unpaired) electrons. The van der Waals surface area contributed by atoms with E-state index in [0.29, 0.717) is 15.6 Å². The monoisotopic (exact) mass is 326 g/mol. The van der Waals surface area contributed by atoms with Crippen molar-refractivity contribution >= 4 is 35.1 Å². The largest absolute Gasteiger partial charge is 0.494 e. The van der Waals surface area contributed by atoms with E-state index in [4.69, 9.17) is 23.2 Å². The molecule has 0 spiro atoms. The molecule has 0 aliphatic rings. The number of carbonyl (C=O) groups excluding carboxylic acids is 1. The minimum atomic E-state index is -0.979. The molecule has 0 unspecified atom stereocenters. The first-order valence-electron chi connectivity index (χ1n) is 5.61. The zero-order valence-electron chi connectivity index (χ0n) is 10.3. The second-order valence-electron chi connectivity index (χ2n) is 4.00. The van der Waals surface area contributed by atoms with Gasteiger partial charge < -0.3 is 5.11 Å². The Morgan fingerprint density at radius 1 is 1.19 bits per heavy atom. The van der Waals surface area contributed by atoms with Gasteiger partial charge in [-0.2, -0.15) is 0 Å². The Bertz CT molecular complexity index is 852. The Labute approximate surface area is 127 Å². The number of benzene rings is 1. The summed E-state index contributed by atoms with van der Waals surface area (Å²) < 4.78 is 0. The molecule has 21 heavy (non-hydrogen) atoms. The van der Waals surface area contributed by atoms with Crippen LogP contribution in [0.4, 0.5) is 0 Å². The van der Waals surface area contributed by atoms with E-state index < -0.39 is 28.5 Å². The van der Waals surface area contributed by atoms with Crippen molar-refractivity contribution in [3.63, 3.8) is 0 Å². The summed E-state index contributed by atoms with van der Waals surface area (Å²) in [5.74, 6) is -1.57. The number of halogens is 2. The first-order valence-corrected chi connectivity index (χ1v) is 6.37. The Hall–Kier alpha value is -2.31. The summed E-state index contributed by atoms with van der Waals surface area (Å²) in [6.45, 7) is 0. The molecule has 0 aliphatic carbocycles. The smallest absolute Gasteiger partial charge is 0.328 e. The number of aromatic hydroxyl groups is 1. The lowest BCUT2D eigenvalue weighted by Gasteiger charge is -2.00. The Morgan fingerprint density at radius 3 is 2.52 bits per heavy atom. The summed E-state index contributed by atoms with van der Waals surface area (Å²) in [5, 5.41) is 10.2. The normalized spacial score (nSPS) is 11.0. The van der Waals surface area contributed by atoms with Gasteiger partial charge in [0.2, 0.25) is 5.88 Å². The van der Waals surface area contributed by atoms with Crippen molar-refractivity contribution < 1.29 is 9.90 Å². The van der Waals surface area contributed by atoms with E-state index in [1.165, 1.54) is 12.1 Å². The van der Waals surface area contributed by atoms with Crippen LogP contribution in [0.1, 0.15) is 15.9 Å². The molecule has 0 fully saturated rings. The number of H-pyrrole nitrogens is 2. The topological polar surface area (TPSA) is 103 Å². The summed E-state index contributed by atoms with van der Waals surface area (Å²) in [6.07, 6.45) is 2.42. The molecule has 8 heteroatoms. The van der Waals surface area contributed by atoms with Crippen molar-refractivity contribution in [1.82, 2.24) is 9.97 Å². The van der Waals surface area contributed by atoms with E-state index in [0.717, 1.165) is 6.08 Å². The van der Waals surface area contributed by atoms with Crippen LogP contribution in [0.25, 0.3) is 6.08 Å². The van der Waals surface area contributed by atoms with Gasteiger partial charge in [-0.3, -0.25) is 19.6 Å². The summed E-state index contributed by atoms with van der Waals surface area (Å²) in [5.41, 5.74) is -1.93. The van der Waals surface area contributed by atoms with Crippen LogP contribution in [0.3, 0.4) is 0 Å². The standard InChI is InChI=1S/C13H8Cl2N2O4/c14-7-3-1-6(8(15)5-7)2-4-9(18)10-11(19)16-13(21)17-12(10)20/h1-5H,(H3,16,17,19,20,21)/b4-2+. The highest BCUT2D eigenvalue weighted by Crippen LogP contribution is 2.22. The molecule has 108 valence electrons. The van der Waals surface area contributed by atoms with E-state index >= 15 is 0 Å². The fourth-order valence-electron chi connectivity index (χ4n) is 1.59. The fourth-order valence-corrected chi connectivity index (χ4v) is 2.06. The molecular weight excluding hydrogens is 319 g/mol. The number of hydrogen-bond donors (Lipinski definition) is 3. The number of aromatic nitrogens is 2. The van der Waals surface area contributed by atoms with Gasteiger partial charge in [0.05, 0.1) is 0 Å². The van der Waals surface area contributed by atoms with Crippen molar-refractivity contribution in [2.45, 2.75) is 0 Å². The van der Waals surface area contributed by atoms with Gasteiger partial charge in [-0.15, -0.1) is 0 Å². The molecule has 2 aromatic rings. The molecule has 3 N–H and O–H groups in total. The second-order valence-corrected chi connectivity index (χ2v) is 4.84. The molecule has 0 aliphatic heterocycles. The van der Waals surface area contributed by atoms with Gasteiger partial charge in [-0.25, -0.2) is 4.79 Å². The average Bonchev–Trinajstić information content (AvgIpc) is 2.36. The zero-order chi connectivity index (χ0) is 15.6. The summed E-state index contributed by atoms with van der Waals surface area (Å²) in [6, 6.07) is 4.67. The third kappa shape index (κ3) is 3.42. The SMILES string of the molecule is O=C(/C=C/c1ccc(Cl)cc1Cl)c1c(O)[nH]c(=O)[nH]c1=O. The van der Waals surface area contributed by atoms with Gasteiger partial charge in [0, 0.05) is 10.0 Å². The first-order chi connectivity index (χ1) is 9.88. The highest BCUT2D eigenvalue weighted by atomic mass is 35.5. The van der Waals surface area contributed by atoms with Crippen LogP contribution in [0.2, 0.25) is 10.0 Å². The Kier molecular flexibility index (Phi) is 4.30. The van der Waals surface area contributed by atoms with Gasteiger partial charge in [-0.05, 0) is 29.8 Å². The van der Waals surface area contributed by atoms with Crippen LogP contribution in [0.15, 0.2) is 33.9 Å². The van der Waals surface area contributed by atoms with E-state index in [-0.39, 0.29) is 0 Å². The lowest BCUT2D eigenvalue weighted by atomic mass is 10.1. The maximum atomic E-state index is 11.9. The van der Waals surface area contributed by atoms with E-state index in [1.54, 1.807) is 12.1 Å². The predicted molar refractivity (Wildman–Crippen MR) is 79.2 cm³/mol. The van der Waals surface area contributed by atoms with E-state index in [1.807, 2.05) is 9.97 Å². The van der Waals surface area contributed by atoms with Crippen LogP contribution in [-0.2, 0) is 0 Å².